The van der Waals surface area contributed by atoms with Gasteiger partial charge in [-0.2, -0.15) is 0 Å². The molecule has 10 heavy (non-hydrogen) atoms. The van der Waals surface area contributed by atoms with Crippen LogP contribution < -0.4 is 0 Å². The predicted octanol–water partition coefficient (Wildman–Crippen LogP) is 1.10. The van der Waals surface area contributed by atoms with Gasteiger partial charge in [0, 0.05) is 0 Å². The zero-order valence-electron chi connectivity index (χ0n) is 5.45. The van der Waals surface area contributed by atoms with Crippen molar-refractivity contribution in [3.63, 3.8) is 0 Å². The fourth-order valence-electron chi connectivity index (χ4n) is 0.739. The molecule has 0 spiro atoms. The molecular formula is C8H7OPb. The number of carbonyl (C=O) groups excluding carboxylic acids is 1. The van der Waals surface area contributed by atoms with E-state index in [2.05, 4.69) is 0 Å². The van der Waals surface area contributed by atoms with Crippen molar-refractivity contribution in [2.24, 2.45) is 0 Å². The van der Waals surface area contributed by atoms with Gasteiger partial charge < -0.3 is 0 Å². The van der Waals surface area contributed by atoms with E-state index in [-0.39, 0.29) is 3.48 Å². The molecule has 0 amide bonds. The van der Waals surface area contributed by atoms with Gasteiger partial charge in [-0.25, -0.2) is 0 Å². The number of carbonyl (C=O) groups is 1. The third kappa shape index (κ3) is 1.90. The van der Waals surface area contributed by atoms with E-state index in [1.54, 1.807) is 0 Å². The summed E-state index contributed by atoms with van der Waals surface area (Å²) in [6.07, 6.45) is 1.02. The summed E-state index contributed by atoms with van der Waals surface area (Å²) in [6.45, 7) is 0. The van der Waals surface area contributed by atoms with Crippen molar-refractivity contribution in [3.05, 3.63) is 35.9 Å². The monoisotopic (exact) mass is 327 g/mol. The van der Waals surface area contributed by atoms with E-state index in [1.165, 1.54) is 0 Å². The molecule has 1 unspecified atom stereocenters. The summed E-state index contributed by atoms with van der Waals surface area (Å²) in [5.41, 5.74) is 1.14. The first-order valence-corrected chi connectivity index (χ1v) is 5.30. The molecule has 1 aromatic carbocycles. The molecule has 1 rings (SSSR count). The molecule has 0 N–H and O–H groups in total. The van der Waals surface area contributed by atoms with Crippen LogP contribution >= 0.6 is 0 Å². The Labute approximate surface area is 76.1 Å². The fourth-order valence-corrected chi connectivity index (χ4v) is 1.49. The first kappa shape index (κ1) is 7.91. The van der Waals surface area contributed by atoms with Crippen LogP contribution in [0.25, 0.3) is 0 Å². The summed E-state index contributed by atoms with van der Waals surface area (Å²) in [5.74, 6) is 0. The second kappa shape index (κ2) is 3.85. The summed E-state index contributed by atoms with van der Waals surface area (Å²) < 4.78 is 0.168. The van der Waals surface area contributed by atoms with Crippen LogP contribution in [0.3, 0.4) is 0 Å². The Kier molecular flexibility index (Phi) is 3.05. The molecule has 1 nitrogen and oxygen atoms in total. The molecule has 0 saturated heterocycles. The Balaban J connectivity index is 2.84. The second-order valence-corrected chi connectivity index (χ2v) is 4.44. The van der Waals surface area contributed by atoms with Gasteiger partial charge in [0.2, 0.25) is 0 Å². The van der Waals surface area contributed by atoms with Gasteiger partial charge in [0.25, 0.3) is 0 Å². The standard InChI is InChI=1S/C8H7O.Pb/c9-7-6-8-4-2-1-3-5-8;/h1-7H;. The molecule has 0 aliphatic carbocycles. The van der Waals surface area contributed by atoms with Crippen molar-refractivity contribution < 1.29 is 4.79 Å². The summed E-state index contributed by atoms with van der Waals surface area (Å²) in [6, 6.07) is 9.87. The third-order valence-corrected chi connectivity index (χ3v) is 3.12. The number of aldehydes is 1. The predicted molar refractivity (Wildman–Crippen MR) is 41.0 cm³/mol. The van der Waals surface area contributed by atoms with Gasteiger partial charge in [0.1, 0.15) is 0 Å². The molecule has 3 radical (unpaired) electrons. The van der Waals surface area contributed by atoms with Gasteiger partial charge in [-0.15, -0.1) is 0 Å². The average Bonchev–Trinajstić information content (AvgIpc) is 2.05. The zero-order valence-corrected chi connectivity index (χ0v) is 9.34. The van der Waals surface area contributed by atoms with E-state index >= 15 is 0 Å². The molecular weight excluding hydrogens is 319 g/mol. The zero-order chi connectivity index (χ0) is 7.40. The first-order valence-electron chi connectivity index (χ1n) is 3.06. The van der Waals surface area contributed by atoms with E-state index in [0.29, 0.717) is 0 Å². The van der Waals surface area contributed by atoms with Crippen molar-refractivity contribution in [2.75, 3.05) is 0 Å². The van der Waals surface area contributed by atoms with Crippen molar-refractivity contribution in [1.82, 2.24) is 0 Å². The molecule has 0 aromatic heterocycles. The van der Waals surface area contributed by atoms with E-state index in [0.717, 1.165) is 37.6 Å². The van der Waals surface area contributed by atoms with Crippen molar-refractivity contribution >= 4 is 32.1 Å². The summed E-state index contributed by atoms with van der Waals surface area (Å²) in [4.78, 5) is 10.3. The van der Waals surface area contributed by atoms with Gasteiger partial charge >= 0.3 is 76.2 Å². The van der Waals surface area contributed by atoms with Crippen molar-refractivity contribution in [1.29, 1.82) is 0 Å². The number of benzene rings is 1. The molecule has 0 aliphatic heterocycles. The minimum atomic E-state index is 0.168. The third-order valence-electron chi connectivity index (χ3n) is 1.29. The molecule has 0 saturated carbocycles. The quantitative estimate of drug-likeness (QED) is 0.587. The molecule has 1 atom stereocenters. The van der Waals surface area contributed by atoms with Gasteiger partial charge in [0.05, 0.1) is 0 Å². The van der Waals surface area contributed by atoms with E-state index in [4.69, 9.17) is 0 Å². The van der Waals surface area contributed by atoms with Gasteiger partial charge in [-0.05, 0) is 0 Å². The van der Waals surface area contributed by atoms with Crippen molar-refractivity contribution in [2.45, 2.75) is 3.48 Å². The Morgan fingerprint density at radius 1 is 1.30 bits per heavy atom. The number of hydrogen-bond donors (Lipinski definition) is 0. The Hall–Kier alpha value is -0.188. The summed E-state index contributed by atoms with van der Waals surface area (Å²) in [5, 5.41) is 0. The van der Waals surface area contributed by atoms with Gasteiger partial charge in [-0.1, -0.05) is 0 Å². The van der Waals surface area contributed by atoms with Crippen LogP contribution in [0.4, 0.5) is 0 Å². The molecule has 1 aromatic rings. The van der Waals surface area contributed by atoms with Crippen LogP contribution in [0, 0.1) is 0 Å². The van der Waals surface area contributed by atoms with Crippen LogP contribution in [0.2, 0.25) is 0 Å². The van der Waals surface area contributed by atoms with Crippen LogP contribution in [-0.4, -0.2) is 32.1 Å². The van der Waals surface area contributed by atoms with Crippen LogP contribution in [0.5, 0.6) is 0 Å². The minimum absolute atomic E-state index is 0.168. The first-order chi connectivity index (χ1) is 4.84. The normalized spacial score (nSPS) is 12.5. The topological polar surface area (TPSA) is 17.1 Å². The summed E-state index contributed by atoms with van der Waals surface area (Å²) in [7, 11) is 0. The van der Waals surface area contributed by atoms with Crippen LogP contribution in [0.15, 0.2) is 30.3 Å². The van der Waals surface area contributed by atoms with Crippen molar-refractivity contribution in [3.8, 4) is 0 Å². The van der Waals surface area contributed by atoms with E-state index in [9.17, 15) is 4.79 Å². The Bertz CT molecular complexity index is 208. The van der Waals surface area contributed by atoms with Crippen LogP contribution in [0.1, 0.15) is 9.04 Å². The molecule has 0 bridgehead atoms. The number of rotatable bonds is 2. The average molecular weight is 326 g/mol. The SMILES string of the molecule is O=C[CH]([Pb])c1ccccc1. The molecule has 0 aliphatic rings. The van der Waals surface area contributed by atoms with Crippen LogP contribution in [-0.2, 0) is 4.79 Å². The maximum absolute atomic E-state index is 10.3. The second-order valence-electron chi connectivity index (χ2n) is 2.02. The molecule has 0 heterocycles. The van der Waals surface area contributed by atoms with Gasteiger partial charge in [-0.3, -0.25) is 0 Å². The Morgan fingerprint density at radius 3 is 2.40 bits per heavy atom. The molecule has 2 heteroatoms. The van der Waals surface area contributed by atoms with E-state index in [1.807, 2.05) is 30.3 Å². The summed E-state index contributed by atoms with van der Waals surface area (Å²) >= 11 is 0.909. The molecule has 49 valence electrons. The maximum atomic E-state index is 10.3. The van der Waals surface area contributed by atoms with Gasteiger partial charge in [0.15, 0.2) is 0 Å². The Morgan fingerprint density at radius 2 is 1.90 bits per heavy atom. The number of hydrogen-bond acceptors (Lipinski definition) is 1. The fraction of sp³-hybridized carbons (Fsp3) is 0.125. The molecule has 0 fully saturated rings. The van der Waals surface area contributed by atoms with E-state index < -0.39 is 0 Å².